The molecule has 0 saturated carbocycles. The zero-order valence-corrected chi connectivity index (χ0v) is 17.9. The molecule has 1 fully saturated rings. The minimum absolute atomic E-state index is 0.0456. The summed E-state index contributed by atoms with van der Waals surface area (Å²) in [5.74, 6) is 0.869. The standard InChI is InChI=1S/C23H24FN5OS/c24-19-6-8-20(9-7-19)28-12-14-29(15-13-28)21-10-11-25-23(27-21)31-17-22(30)26-16-18-4-2-1-3-5-18/h1-11H,12-17H2,(H,26,30). The van der Waals surface area contributed by atoms with Crippen molar-refractivity contribution in [3.63, 3.8) is 0 Å². The molecule has 3 aromatic rings. The fourth-order valence-corrected chi connectivity index (χ4v) is 4.06. The highest BCUT2D eigenvalue weighted by Gasteiger charge is 2.19. The predicted molar refractivity (Wildman–Crippen MR) is 122 cm³/mol. The van der Waals surface area contributed by atoms with E-state index in [9.17, 15) is 9.18 Å². The summed E-state index contributed by atoms with van der Waals surface area (Å²) in [6.45, 7) is 3.81. The highest BCUT2D eigenvalue weighted by atomic mass is 32.2. The molecule has 2 heterocycles. The summed E-state index contributed by atoms with van der Waals surface area (Å²) in [4.78, 5) is 25.5. The third-order valence-electron chi connectivity index (χ3n) is 5.08. The van der Waals surface area contributed by atoms with E-state index < -0.39 is 0 Å². The third kappa shape index (κ3) is 5.95. The highest BCUT2D eigenvalue weighted by Crippen LogP contribution is 2.21. The molecule has 6 nitrogen and oxygen atoms in total. The van der Waals surface area contributed by atoms with Crippen LogP contribution >= 0.6 is 11.8 Å². The van der Waals surface area contributed by atoms with Crippen molar-refractivity contribution in [1.82, 2.24) is 15.3 Å². The lowest BCUT2D eigenvalue weighted by Crippen LogP contribution is -2.46. The largest absolute Gasteiger partial charge is 0.368 e. The van der Waals surface area contributed by atoms with Crippen LogP contribution in [0.1, 0.15) is 5.56 Å². The maximum Gasteiger partial charge on any atom is 0.230 e. The molecular weight excluding hydrogens is 413 g/mol. The Balaban J connectivity index is 1.26. The first-order valence-electron chi connectivity index (χ1n) is 10.2. The van der Waals surface area contributed by atoms with Gasteiger partial charge in [-0.2, -0.15) is 0 Å². The number of piperazine rings is 1. The number of rotatable bonds is 7. The molecule has 31 heavy (non-hydrogen) atoms. The average Bonchev–Trinajstić information content (AvgIpc) is 2.83. The van der Waals surface area contributed by atoms with Gasteiger partial charge in [0.15, 0.2) is 5.16 Å². The van der Waals surface area contributed by atoms with E-state index in [1.165, 1.54) is 23.9 Å². The van der Waals surface area contributed by atoms with E-state index >= 15 is 0 Å². The van der Waals surface area contributed by atoms with Gasteiger partial charge in [-0.05, 0) is 35.9 Å². The van der Waals surface area contributed by atoms with E-state index in [2.05, 4.69) is 25.1 Å². The number of nitrogens with zero attached hydrogens (tertiary/aromatic N) is 4. The molecule has 0 unspecified atom stereocenters. The molecule has 0 spiro atoms. The van der Waals surface area contributed by atoms with Crippen LogP contribution in [0, 0.1) is 5.82 Å². The van der Waals surface area contributed by atoms with E-state index in [0.717, 1.165) is 43.2 Å². The summed E-state index contributed by atoms with van der Waals surface area (Å²) in [7, 11) is 0. The summed E-state index contributed by atoms with van der Waals surface area (Å²) in [6, 6.07) is 18.3. The number of anilines is 2. The SMILES string of the molecule is O=C(CSc1nccc(N2CCN(c3ccc(F)cc3)CC2)n1)NCc1ccccc1. The number of thioether (sulfide) groups is 1. The number of amides is 1. The van der Waals surface area contributed by atoms with Crippen molar-refractivity contribution >= 4 is 29.2 Å². The van der Waals surface area contributed by atoms with Crippen LogP contribution in [0.5, 0.6) is 0 Å². The maximum atomic E-state index is 13.1. The van der Waals surface area contributed by atoms with Crippen molar-refractivity contribution < 1.29 is 9.18 Å². The smallest absolute Gasteiger partial charge is 0.230 e. The minimum Gasteiger partial charge on any atom is -0.368 e. The Morgan fingerprint density at radius 2 is 1.68 bits per heavy atom. The van der Waals surface area contributed by atoms with Crippen molar-refractivity contribution in [2.75, 3.05) is 41.7 Å². The summed E-state index contributed by atoms with van der Waals surface area (Å²) in [5, 5.41) is 3.51. The molecule has 2 aromatic carbocycles. The van der Waals surface area contributed by atoms with Gasteiger partial charge in [0.25, 0.3) is 0 Å². The highest BCUT2D eigenvalue weighted by molar-refractivity contribution is 7.99. The van der Waals surface area contributed by atoms with Crippen molar-refractivity contribution in [1.29, 1.82) is 0 Å². The number of hydrogen-bond acceptors (Lipinski definition) is 6. The van der Waals surface area contributed by atoms with Gasteiger partial charge in [-0.3, -0.25) is 4.79 Å². The number of nitrogens with one attached hydrogen (secondary N) is 1. The van der Waals surface area contributed by atoms with E-state index in [-0.39, 0.29) is 17.5 Å². The van der Waals surface area contributed by atoms with Gasteiger partial charge >= 0.3 is 0 Å². The lowest BCUT2D eigenvalue weighted by atomic mass is 10.2. The number of halogens is 1. The van der Waals surface area contributed by atoms with Crippen LogP contribution in [0.2, 0.25) is 0 Å². The fourth-order valence-electron chi connectivity index (χ4n) is 3.40. The quantitative estimate of drug-likeness (QED) is 0.452. The van der Waals surface area contributed by atoms with Gasteiger partial charge in [0.2, 0.25) is 5.91 Å². The van der Waals surface area contributed by atoms with E-state index in [1.807, 2.05) is 48.5 Å². The Morgan fingerprint density at radius 3 is 2.42 bits per heavy atom. The van der Waals surface area contributed by atoms with Crippen molar-refractivity contribution in [3.05, 3.63) is 78.2 Å². The van der Waals surface area contributed by atoms with Crippen molar-refractivity contribution in [2.45, 2.75) is 11.7 Å². The number of aromatic nitrogens is 2. The van der Waals surface area contributed by atoms with Crippen LogP contribution < -0.4 is 15.1 Å². The summed E-state index contributed by atoms with van der Waals surface area (Å²) in [5.41, 5.74) is 2.10. The van der Waals surface area contributed by atoms with Crippen molar-refractivity contribution in [2.24, 2.45) is 0 Å². The Kier molecular flexibility index (Phi) is 6.99. The van der Waals surface area contributed by atoms with E-state index in [4.69, 9.17) is 0 Å². The second kappa shape index (κ2) is 10.3. The topological polar surface area (TPSA) is 61.4 Å². The van der Waals surface area contributed by atoms with Crippen LogP contribution in [-0.4, -0.2) is 47.8 Å². The first-order chi connectivity index (χ1) is 15.2. The van der Waals surface area contributed by atoms with E-state index in [0.29, 0.717) is 11.7 Å². The zero-order chi connectivity index (χ0) is 21.5. The molecule has 1 aliphatic rings. The number of carbonyl (C=O) groups excluding carboxylic acids is 1. The molecule has 0 bridgehead atoms. The molecule has 1 saturated heterocycles. The van der Waals surface area contributed by atoms with E-state index in [1.54, 1.807) is 6.20 Å². The molecular formula is C23H24FN5OS. The molecule has 1 aliphatic heterocycles. The van der Waals surface area contributed by atoms with Crippen LogP contribution in [-0.2, 0) is 11.3 Å². The lowest BCUT2D eigenvalue weighted by molar-refractivity contribution is -0.118. The molecule has 0 aliphatic carbocycles. The molecule has 0 radical (unpaired) electrons. The van der Waals surface area contributed by atoms with Crippen molar-refractivity contribution in [3.8, 4) is 0 Å². The summed E-state index contributed by atoms with van der Waals surface area (Å²) < 4.78 is 13.1. The lowest BCUT2D eigenvalue weighted by Gasteiger charge is -2.36. The second-order valence-corrected chi connectivity index (χ2v) is 8.14. The van der Waals surface area contributed by atoms with Gasteiger partial charge in [-0.15, -0.1) is 0 Å². The Labute approximate surface area is 185 Å². The number of hydrogen-bond donors (Lipinski definition) is 1. The monoisotopic (exact) mass is 437 g/mol. The normalized spacial score (nSPS) is 13.8. The molecule has 1 aromatic heterocycles. The molecule has 1 amide bonds. The first-order valence-corrected chi connectivity index (χ1v) is 11.2. The Morgan fingerprint density at radius 1 is 0.968 bits per heavy atom. The number of benzene rings is 2. The Hall–Kier alpha value is -3.13. The summed E-state index contributed by atoms with van der Waals surface area (Å²) >= 11 is 1.33. The molecule has 1 N–H and O–H groups in total. The van der Waals surface area contributed by atoms with Gasteiger partial charge in [0.1, 0.15) is 11.6 Å². The van der Waals surface area contributed by atoms with Crippen LogP contribution in [0.15, 0.2) is 72.0 Å². The summed E-state index contributed by atoms with van der Waals surface area (Å²) in [6.07, 6.45) is 1.74. The zero-order valence-electron chi connectivity index (χ0n) is 17.1. The maximum absolute atomic E-state index is 13.1. The van der Waals surface area contributed by atoms with Gasteiger partial charge in [0.05, 0.1) is 5.75 Å². The predicted octanol–water partition coefficient (Wildman–Crippen LogP) is 3.35. The average molecular weight is 438 g/mol. The van der Waals surface area contributed by atoms with Gasteiger partial charge in [-0.25, -0.2) is 14.4 Å². The Bertz CT molecular complexity index is 994. The minimum atomic E-state index is -0.220. The molecule has 160 valence electrons. The van der Waals surface area contributed by atoms with Crippen LogP contribution in [0.25, 0.3) is 0 Å². The second-order valence-electron chi connectivity index (χ2n) is 7.20. The fraction of sp³-hybridized carbons (Fsp3) is 0.261. The molecule has 8 heteroatoms. The third-order valence-corrected chi connectivity index (χ3v) is 5.94. The first kappa shape index (κ1) is 21.1. The molecule has 0 atom stereocenters. The van der Waals surface area contributed by atoms with Gasteiger partial charge < -0.3 is 15.1 Å². The van der Waals surface area contributed by atoms with Crippen LogP contribution in [0.3, 0.4) is 0 Å². The van der Waals surface area contributed by atoms with Gasteiger partial charge in [-0.1, -0.05) is 42.1 Å². The van der Waals surface area contributed by atoms with Crippen LogP contribution in [0.4, 0.5) is 15.9 Å². The molecule has 4 rings (SSSR count). The number of carbonyl (C=O) groups is 1. The van der Waals surface area contributed by atoms with Gasteiger partial charge in [0, 0.05) is 44.6 Å².